The van der Waals surface area contributed by atoms with Crippen molar-refractivity contribution < 1.29 is 94.4 Å². The highest BCUT2D eigenvalue weighted by Gasteiger charge is 2.71. The van der Waals surface area contributed by atoms with Crippen LogP contribution in [0.15, 0.2) is 0 Å². The zero-order chi connectivity index (χ0) is 47.9. The molecule has 4 aliphatic carbocycles. The fourth-order valence-electron chi connectivity index (χ4n) is 15.1. The van der Waals surface area contributed by atoms with Crippen LogP contribution in [0.1, 0.15) is 98.8 Å². The summed E-state index contributed by atoms with van der Waals surface area (Å²) in [6.45, 7) is 10.1. The molecule has 0 radical (unpaired) electrons. The van der Waals surface area contributed by atoms with Gasteiger partial charge >= 0.3 is 0 Å². The quantitative estimate of drug-likeness (QED) is 0.107. The predicted octanol–water partition coefficient (Wildman–Crippen LogP) is -1.34. The summed E-state index contributed by atoms with van der Waals surface area (Å²) in [5, 5.41) is 127. The van der Waals surface area contributed by atoms with Gasteiger partial charge in [0.05, 0.1) is 58.0 Å². The largest absolute Gasteiger partial charge is 0.396 e. The zero-order valence-electron chi connectivity index (χ0n) is 39.2. The second-order valence-electron chi connectivity index (χ2n) is 22.8. The molecule has 66 heavy (non-hydrogen) atoms. The summed E-state index contributed by atoms with van der Waals surface area (Å²) in [6, 6.07) is 0. The molecule has 4 saturated heterocycles. The average Bonchev–Trinajstić information content (AvgIpc) is 3.30. The highest BCUT2D eigenvalue weighted by molar-refractivity contribution is 5.19. The molecule has 19 heteroatoms. The lowest BCUT2D eigenvalue weighted by atomic mass is 9.33. The molecule has 382 valence electrons. The average molecular weight is 949 g/mol. The van der Waals surface area contributed by atoms with Crippen LogP contribution in [0.5, 0.6) is 0 Å². The Morgan fingerprint density at radius 2 is 1.24 bits per heavy atom. The molecule has 19 nitrogen and oxygen atoms in total. The molecule has 0 aromatic carbocycles. The third-order valence-electron chi connectivity index (χ3n) is 19.6. The Labute approximate surface area is 387 Å². The molecule has 4 saturated carbocycles. The fraction of sp³-hybridized carbons (Fsp3) is 1.00. The lowest BCUT2D eigenvalue weighted by molar-refractivity contribution is -0.368. The van der Waals surface area contributed by atoms with E-state index in [0.717, 1.165) is 51.4 Å². The first-order valence-electron chi connectivity index (χ1n) is 24.6. The third kappa shape index (κ3) is 8.35. The van der Waals surface area contributed by atoms with Gasteiger partial charge in [0.1, 0.15) is 67.1 Å². The second-order valence-corrected chi connectivity index (χ2v) is 22.8. The van der Waals surface area contributed by atoms with Crippen LogP contribution in [0.3, 0.4) is 0 Å². The van der Waals surface area contributed by atoms with Crippen LogP contribution in [0.2, 0.25) is 0 Å². The van der Waals surface area contributed by atoms with E-state index in [1.165, 1.54) is 0 Å². The second kappa shape index (κ2) is 19.3. The van der Waals surface area contributed by atoms with E-state index < -0.39 is 117 Å². The summed E-state index contributed by atoms with van der Waals surface area (Å²) >= 11 is 0. The van der Waals surface area contributed by atoms with Crippen LogP contribution < -0.4 is 0 Å². The third-order valence-corrected chi connectivity index (χ3v) is 19.6. The summed E-state index contributed by atoms with van der Waals surface area (Å²) in [5.41, 5.74) is -1.61. The van der Waals surface area contributed by atoms with Gasteiger partial charge in [-0.1, -0.05) is 34.6 Å². The molecule has 8 rings (SSSR count). The number of rotatable bonds is 11. The molecule has 0 aromatic rings. The van der Waals surface area contributed by atoms with E-state index in [9.17, 15) is 61.3 Å². The number of hydrogen-bond acceptors (Lipinski definition) is 19. The van der Waals surface area contributed by atoms with E-state index in [0.29, 0.717) is 25.4 Å². The van der Waals surface area contributed by atoms with Crippen LogP contribution in [0.25, 0.3) is 0 Å². The Morgan fingerprint density at radius 1 is 0.591 bits per heavy atom. The van der Waals surface area contributed by atoms with Crippen molar-refractivity contribution in [3.8, 4) is 0 Å². The van der Waals surface area contributed by atoms with Gasteiger partial charge in [0, 0.05) is 16.7 Å². The molecule has 0 aromatic heterocycles. The van der Waals surface area contributed by atoms with Crippen LogP contribution >= 0.6 is 0 Å². The number of aliphatic hydroxyl groups excluding tert-OH is 12. The SMILES string of the molecule is C[C@H](CO[C@@H]1O[C@H](CO)[C@@H](O)[C@H](O)[C@H]1O)[C@H]1CC[C@@]2(CC[C@]3(C)[C@H](CC[C@@H]4[C@@]5(C)CC[C@H](O[C@@H]6OC[C@@H](O)[C@H](O)[C@H]6O[C@@H]6O[C@H](CO)[C@@H](O)[C@H](O)[C@H]6O)[C@@](C)(CO)[C@@H]5CC[C@]43C)[C@H]2O)CO1. The van der Waals surface area contributed by atoms with Crippen LogP contribution in [-0.2, 0) is 33.2 Å². The number of hydrogen-bond donors (Lipinski definition) is 12. The maximum atomic E-state index is 12.5. The Balaban J connectivity index is 0.918. The molecule has 4 aliphatic heterocycles. The predicted molar refractivity (Wildman–Crippen MR) is 228 cm³/mol. The van der Waals surface area contributed by atoms with E-state index in [4.69, 9.17) is 33.2 Å². The fourth-order valence-corrected chi connectivity index (χ4v) is 15.1. The van der Waals surface area contributed by atoms with Crippen molar-refractivity contribution in [2.75, 3.05) is 39.6 Å². The number of ether oxygens (including phenoxy) is 7. The maximum Gasteiger partial charge on any atom is 0.187 e. The first-order chi connectivity index (χ1) is 31.1. The molecule has 0 amide bonds. The standard InChI is InChI=1S/C47H80O19/c1-22(18-60-40-36(57)34(55)32(53)26(16-48)63-40)25-8-13-47(21-62-25)15-14-45(4)23(39(47)59)6-7-29-43(2)11-10-30(44(3,20-50)28(43)9-12-46(29,45)5)65-42-38(31(52)24(51)19-61-42)66-41-37(58)35(56)33(54)27(17-49)64-41/h22-42,48-59H,6-21H2,1-5H3/t22-,23-,24-,25-,26-,27-,28-,29-,30+,31+,32-,33-,34+,35+,36-,37-,38-,39-,40-,41+,42+,43+,44+,45-,46-,47-/m1/s1. The van der Waals surface area contributed by atoms with Gasteiger partial charge in [-0.2, -0.15) is 0 Å². The van der Waals surface area contributed by atoms with Crippen molar-refractivity contribution in [3.63, 3.8) is 0 Å². The summed E-state index contributed by atoms with van der Waals surface area (Å²) in [6.07, 6.45) is -13.4. The highest BCUT2D eigenvalue weighted by atomic mass is 16.8. The van der Waals surface area contributed by atoms with Crippen molar-refractivity contribution in [2.45, 2.75) is 203 Å². The van der Waals surface area contributed by atoms with Crippen molar-refractivity contribution in [2.24, 2.45) is 50.7 Å². The summed E-state index contributed by atoms with van der Waals surface area (Å²) in [5.74, 6) is 0.289. The van der Waals surface area contributed by atoms with Crippen LogP contribution in [0, 0.1) is 50.7 Å². The van der Waals surface area contributed by atoms with Crippen LogP contribution in [0.4, 0.5) is 0 Å². The van der Waals surface area contributed by atoms with Gasteiger partial charge in [-0.15, -0.1) is 0 Å². The number of aliphatic hydroxyl groups is 12. The molecular weight excluding hydrogens is 868 g/mol. The Bertz CT molecular complexity index is 1630. The van der Waals surface area contributed by atoms with Crippen molar-refractivity contribution in [3.05, 3.63) is 0 Å². The van der Waals surface area contributed by atoms with Gasteiger partial charge in [0.25, 0.3) is 0 Å². The molecular formula is C47H80O19. The molecule has 1 spiro atoms. The Morgan fingerprint density at radius 3 is 1.86 bits per heavy atom. The van der Waals surface area contributed by atoms with E-state index in [1.54, 1.807) is 0 Å². The minimum Gasteiger partial charge on any atom is -0.396 e. The van der Waals surface area contributed by atoms with E-state index in [1.807, 2.05) is 13.8 Å². The lowest BCUT2D eigenvalue weighted by Gasteiger charge is -2.73. The van der Waals surface area contributed by atoms with Gasteiger partial charge in [-0.25, -0.2) is 0 Å². The van der Waals surface area contributed by atoms with Crippen molar-refractivity contribution in [1.29, 1.82) is 0 Å². The van der Waals surface area contributed by atoms with Crippen molar-refractivity contribution >= 4 is 0 Å². The van der Waals surface area contributed by atoms with Gasteiger partial charge < -0.3 is 94.4 Å². The number of fused-ring (bicyclic) bond motifs is 5. The Hall–Kier alpha value is -0.760. The molecule has 8 fully saturated rings. The topological polar surface area (TPSA) is 307 Å². The highest BCUT2D eigenvalue weighted by Crippen LogP contribution is 2.75. The Kier molecular flexibility index (Phi) is 15.1. The molecule has 0 unspecified atom stereocenters. The summed E-state index contributed by atoms with van der Waals surface area (Å²) in [4.78, 5) is 0. The minimum absolute atomic E-state index is 0.0334. The molecule has 12 N–H and O–H groups in total. The molecule has 0 bridgehead atoms. The van der Waals surface area contributed by atoms with Gasteiger partial charge in [-0.05, 0) is 98.2 Å². The lowest BCUT2D eigenvalue weighted by Crippen LogP contribution is -2.69. The smallest absolute Gasteiger partial charge is 0.187 e. The minimum atomic E-state index is -1.75. The first kappa shape index (κ1) is 51.6. The maximum absolute atomic E-state index is 12.5. The zero-order valence-corrected chi connectivity index (χ0v) is 39.2. The monoisotopic (exact) mass is 949 g/mol. The summed E-state index contributed by atoms with van der Waals surface area (Å²) < 4.78 is 42.1. The van der Waals surface area contributed by atoms with E-state index in [2.05, 4.69) is 20.8 Å². The van der Waals surface area contributed by atoms with E-state index >= 15 is 0 Å². The molecule has 26 atom stereocenters. The van der Waals surface area contributed by atoms with Gasteiger partial charge in [0.15, 0.2) is 18.9 Å². The molecule has 4 heterocycles. The normalized spacial score (nSPS) is 56.0. The van der Waals surface area contributed by atoms with E-state index in [-0.39, 0.29) is 65.3 Å². The van der Waals surface area contributed by atoms with Crippen molar-refractivity contribution in [1.82, 2.24) is 0 Å². The molecule has 8 aliphatic rings. The van der Waals surface area contributed by atoms with Gasteiger partial charge in [-0.3, -0.25) is 0 Å². The summed E-state index contributed by atoms with van der Waals surface area (Å²) in [7, 11) is 0. The van der Waals surface area contributed by atoms with Crippen LogP contribution in [-0.4, -0.2) is 205 Å². The van der Waals surface area contributed by atoms with Gasteiger partial charge in [0.2, 0.25) is 0 Å². The first-order valence-corrected chi connectivity index (χ1v) is 24.6.